The number of nitrogens with zero attached hydrogens (tertiary/aromatic N) is 2. The van der Waals surface area contributed by atoms with Crippen LogP contribution in [0.15, 0.2) is 29.3 Å². The van der Waals surface area contributed by atoms with Crippen LogP contribution >= 0.6 is 24.0 Å². The standard InChI is InChI=1S/C20H32N4O.HI/c1-3-4-5-6-13-22-20(21-2)23-15-17-9-11-18(12-10-17)16-24-14-7-8-19(24)25;/h9-12H,3-8,13-16H2,1-2H3,(H2,21,22,23);1H. The highest BCUT2D eigenvalue weighted by Gasteiger charge is 2.19. The van der Waals surface area contributed by atoms with Gasteiger partial charge in [-0.25, -0.2) is 0 Å². The lowest BCUT2D eigenvalue weighted by atomic mass is 10.1. The minimum atomic E-state index is 0. The molecule has 6 heteroatoms. The summed E-state index contributed by atoms with van der Waals surface area (Å²) < 4.78 is 0. The average Bonchev–Trinajstić information content (AvgIpc) is 3.03. The molecule has 1 aromatic carbocycles. The second-order valence-corrected chi connectivity index (χ2v) is 6.65. The minimum Gasteiger partial charge on any atom is -0.356 e. The second-order valence-electron chi connectivity index (χ2n) is 6.65. The number of hydrogen-bond acceptors (Lipinski definition) is 2. The predicted molar refractivity (Wildman–Crippen MR) is 119 cm³/mol. The molecule has 0 bridgehead atoms. The zero-order valence-electron chi connectivity index (χ0n) is 16.1. The summed E-state index contributed by atoms with van der Waals surface area (Å²) in [7, 11) is 1.80. The summed E-state index contributed by atoms with van der Waals surface area (Å²) in [6.45, 7) is 5.55. The molecule has 5 nitrogen and oxygen atoms in total. The largest absolute Gasteiger partial charge is 0.356 e. The maximum atomic E-state index is 11.7. The van der Waals surface area contributed by atoms with Crippen LogP contribution in [0.1, 0.15) is 56.6 Å². The number of halogens is 1. The van der Waals surface area contributed by atoms with E-state index in [0.717, 1.165) is 38.6 Å². The maximum absolute atomic E-state index is 11.7. The number of unbranched alkanes of at least 4 members (excludes halogenated alkanes) is 3. The van der Waals surface area contributed by atoms with Gasteiger partial charge in [0.05, 0.1) is 0 Å². The molecule has 0 unspecified atom stereocenters. The van der Waals surface area contributed by atoms with E-state index >= 15 is 0 Å². The van der Waals surface area contributed by atoms with Crippen molar-refractivity contribution < 1.29 is 4.79 Å². The Morgan fingerprint density at radius 2 is 1.85 bits per heavy atom. The number of benzene rings is 1. The van der Waals surface area contributed by atoms with Gasteiger partial charge in [0.2, 0.25) is 5.91 Å². The molecule has 0 aromatic heterocycles. The van der Waals surface area contributed by atoms with Crippen LogP contribution in [-0.4, -0.2) is 36.9 Å². The molecular formula is C20H33IN4O. The fourth-order valence-corrected chi connectivity index (χ4v) is 3.02. The highest BCUT2D eigenvalue weighted by Crippen LogP contribution is 2.14. The molecule has 146 valence electrons. The van der Waals surface area contributed by atoms with Gasteiger partial charge in [0.15, 0.2) is 5.96 Å². The normalized spacial score (nSPS) is 14.3. The van der Waals surface area contributed by atoms with Crippen LogP contribution < -0.4 is 10.6 Å². The maximum Gasteiger partial charge on any atom is 0.222 e. The van der Waals surface area contributed by atoms with Gasteiger partial charge < -0.3 is 15.5 Å². The number of guanidine groups is 1. The summed E-state index contributed by atoms with van der Waals surface area (Å²) in [5, 5.41) is 6.71. The first-order chi connectivity index (χ1) is 12.2. The molecular weight excluding hydrogens is 439 g/mol. The molecule has 0 aliphatic carbocycles. The first-order valence-electron chi connectivity index (χ1n) is 9.53. The van der Waals surface area contributed by atoms with Crippen LogP contribution in [0.2, 0.25) is 0 Å². The van der Waals surface area contributed by atoms with Crippen LogP contribution in [0.4, 0.5) is 0 Å². The number of aliphatic imine (C=N–C) groups is 1. The Morgan fingerprint density at radius 3 is 2.46 bits per heavy atom. The van der Waals surface area contributed by atoms with Gasteiger partial charge in [0, 0.05) is 39.6 Å². The summed E-state index contributed by atoms with van der Waals surface area (Å²) in [4.78, 5) is 17.9. The number of carbonyl (C=O) groups is 1. The van der Waals surface area contributed by atoms with Crippen molar-refractivity contribution in [3.8, 4) is 0 Å². The number of rotatable bonds is 9. The van der Waals surface area contributed by atoms with E-state index in [1.807, 2.05) is 4.90 Å². The molecule has 1 aromatic rings. The van der Waals surface area contributed by atoms with E-state index in [1.165, 1.54) is 36.8 Å². The van der Waals surface area contributed by atoms with Crippen molar-refractivity contribution in [3.05, 3.63) is 35.4 Å². The van der Waals surface area contributed by atoms with Crippen LogP contribution in [0, 0.1) is 0 Å². The van der Waals surface area contributed by atoms with Crippen molar-refractivity contribution in [2.75, 3.05) is 20.1 Å². The number of hydrogen-bond donors (Lipinski definition) is 2. The molecule has 1 amide bonds. The van der Waals surface area contributed by atoms with Gasteiger partial charge in [0.1, 0.15) is 0 Å². The van der Waals surface area contributed by atoms with Gasteiger partial charge >= 0.3 is 0 Å². The van der Waals surface area contributed by atoms with Gasteiger partial charge in [-0.2, -0.15) is 0 Å². The van der Waals surface area contributed by atoms with Crippen LogP contribution in [0.5, 0.6) is 0 Å². The molecule has 1 saturated heterocycles. The molecule has 1 fully saturated rings. The Kier molecular flexibility index (Phi) is 11.3. The first kappa shape index (κ1) is 22.7. The lowest BCUT2D eigenvalue weighted by Crippen LogP contribution is -2.37. The lowest BCUT2D eigenvalue weighted by Gasteiger charge is -2.16. The van der Waals surface area contributed by atoms with E-state index in [9.17, 15) is 4.79 Å². The van der Waals surface area contributed by atoms with Crippen molar-refractivity contribution in [1.82, 2.24) is 15.5 Å². The second kappa shape index (κ2) is 12.9. The van der Waals surface area contributed by atoms with E-state index in [0.29, 0.717) is 6.42 Å². The third-order valence-corrected chi connectivity index (χ3v) is 4.57. The predicted octanol–water partition coefficient (Wildman–Crippen LogP) is 3.67. The summed E-state index contributed by atoms with van der Waals surface area (Å²) >= 11 is 0. The fourth-order valence-electron chi connectivity index (χ4n) is 3.02. The number of amides is 1. The average molecular weight is 472 g/mol. The molecule has 1 aliphatic heterocycles. The summed E-state index contributed by atoms with van der Waals surface area (Å²) in [6, 6.07) is 8.47. The van der Waals surface area contributed by atoms with Crippen molar-refractivity contribution in [2.24, 2.45) is 4.99 Å². The molecule has 1 heterocycles. The van der Waals surface area contributed by atoms with E-state index in [2.05, 4.69) is 46.8 Å². The Morgan fingerprint density at radius 1 is 1.12 bits per heavy atom. The van der Waals surface area contributed by atoms with E-state index in [4.69, 9.17) is 0 Å². The quantitative estimate of drug-likeness (QED) is 0.250. The number of nitrogens with one attached hydrogen (secondary N) is 2. The van der Waals surface area contributed by atoms with E-state index in [1.54, 1.807) is 7.05 Å². The fraction of sp³-hybridized carbons (Fsp3) is 0.600. The van der Waals surface area contributed by atoms with Gasteiger partial charge in [-0.15, -0.1) is 24.0 Å². The van der Waals surface area contributed by atoms with Crippen molar-refractivity contribution >= 4 is 35.8 Å². The summed E-state index contributed by atoms with van der Waals surface area (Å²) in [5.41, 5.74) is 2.41. The molecule has 2 rings (SSSR count). The molecule has 26 heavy (non-hydrogen) atoms. The number of carbonyl (C=O) groups excluding carboxylic acids is 1. The molecule has 2 N–H and O–H groups in total. The molecule has 0 spiro atoms. The minimum absolute atomic E-state index is 0. The van der Waals surface area contributed by atoms with Gasteiger partial charge in [0.25, 0.3) is 0 Å². The van der Waals surface area contributed by atoms with E-state index < -0.39 is 0 Å². The summed E-state index contributed by atoms with van der Waals surface area (Å²) in [6.07, 6.45) is 6.69. The third-order valence-electron chi connectivity index (χ3n) is 4.57. The third kappa shape index (κ3) is 7.93. The lowest BCUT2D eigenvalue weighted by molar-refractivity contribution is -0.128. The Balaban J connectivity index is 0.00000338. The topological polar surface area (TPSA) is 56.7 Å². The monoisotopic (exact) mass is 472 g/mol. The SMILES string of the molecule is CCCCCCNC(=NC)NCc1ccc(CN2CCCC2=O)cc1.I. The van der Waals surface area contributed by atoms with Crippen LogP contribution in [-0.2, 0) is 17.9 Å². The Labute approximate surface area is 175 Å². The molecule has 0 radical (unpaired) electrons. The zero-order chi connectivity index (χ0) is 17.9. The van der Waals surface area contributed by atoms with Crippen molar-refractivity contribution in [3.63, 3.8) is 0 Å². The summed E-state index contributed by atoms with van der Waals surface area (Å²) in [5.74, 6) is 1.13. The highest BCUT2D eigenvalue weighted by molar-refractivity contribution is 14.0. The van der Waals surface area contributed by atoms with Crippen LogP contribution in [0.3, 0.4) is 0 Å². The Hall–Kier alpha value is -1.31. The van der Waals surface area contributed by atoms with Crippen molar-refractivity contribution in [1.29, 1.82) is 0 Å². The van der Waals surface area contributed by atoms with E-state index in [-0.39, 0.29) is 29.9 Å². The number of likely N-dealkylation sites (tertiary alicyclic amines) is 1. The van der Waals surface area contributed by atoms with Gasteiger partial charge in [-0.3, -0.25) is 9.79 Å². The van der Waals surface area contributed by atoms with Crippen molar-refractivity contribution in [2.45, 2.75) is 58.5 Å². The molecule has 1 aliphatic rings. The Bertz CT molecular complexity index is 559. The molecule has 0 saturated carbocycles. The van der Waals surface area contributed by atoms with Crippen LogP contribution in [0.25, 0.3) is 0 Å². The molecule has 0 atom stereocenters. The highest BCUT2D eigenvalue weighted by atomic mass is 127. The smallest absolute Gasteiger partial charge is 0.222 e. The zero-order valence-corrected chi connectivity index (χ0v) is 18.4. The first-order valence-corrected chi connectivity index (χ1v) is 9.53. The van der Waals surface area contributed by atoms with Gasteiger partial charge in [-0.05, 0) is 24.0 Å². The van der Waals surface area contributed by atoms with Gasteiger partial charge in [-0.1, -0.05) is 50.5 Å².